The summed E-state index contributed by atoms with van der Waals surface area (Å²) in [7, 11) is 0. The van der Waals surface area contributed by atoms with Gasteiger partial charge in [0.1, 0.15) is 0 Å². The highest BCUT2D eigenvalue weighted by molar-refractivity contribution is 4.87. The number of ether oxygens (including phenoxy) is 2. The Kier molecular flexibility index (Phi) is 5.89. The summed E-state index contributed by atoms with van der Waals surface area (Å²) in [6.45, 7) is 11.4. The standard InChI is InChI=1S/C14H28N2O2/c1-2-15-11-14(5-3-8-18-13-14)12-16-6-4-9-17-10-7-16/h15H,2-13H2,1H3. The number of hydrogen-bond donors (Lipinski definition) is 1. The maximum absolute atomic E-state index is 5.76. The average Bonchev–Trinajstić information content (AvgIpc) is 2.66. The Labute approximate surface area is 111 Å². The van der Waals surface area contributed by atoms with Crippen molar-refractivity contribution in [1.29, 1.82) is 0 Å². The normalized spacial score (nSPS) is 31.2. The minimum atomic E-state index is 0.318. The highest BCUT2D eigenvalue weighted by Gasteiger charge is 2.34. The summed E-state index contributed by atoms with van der Waals surface area (Å²) in [4.78, 5) is 2.57. The second kappa shape index (κ2) is 7.43. The van der Waals surface area contributed by atoms with Crippen LogP contribution in [0.4, 0.5) is 0 Å². The molecule has 0 aliphatic carbocycles. The fourth-order valence-electron chi connectivity index (χ4n) is 3.05. The van der Waals surface area contributed by atoms with Crippen LogP contribution in [-0.2, 0) is 9.47 Å². The van der Waals surface area contributed by atoms with Crippen LogP contribution in [0.5, 0.6) is 0 Å². The van der Waals surface area contributed by atoms with Crippen molar-refractivity contribution in [2.75, 3.05) is 59.2 Å². The van der Waals surface area contributed by atoms with Crippen molar-refractivity contribution >= 4 is 0 Å². The van der Waals surface area contributed by atoms with Gasteiger partial charge in [0.15, 0.2) is 0 Å². The van der Waals surface area contributed by atoms with Crippen LogP contribution < -0.4 is 5.32 Å². The first kappa shape index (κ1) is 14.3. The third kappa shape index (κ3) is 4.19. The second-order valence-electron chi connectivity index (χ2n) is 5.68. The van der Waals surface area contributed by atoms with Crippen LogP contribution in [0.2, 0.25) is 0 Å². The highest BCUT2D eigenvalue weighted by atomic mass is 16.5. The van der Waals surface area contributed by atoms with Crippen molar-refractivity contribution in [3.63, 3.8) is 0 Å². The average molecular weight is 256 g/mol. The lowest BCUT2D eigenvalue weighted by Gasteiger charge is -2.40. The van der Waals surface area contributed by atoms with Gasteiger partial charge in [-0.1, -0.05) is 6.92 Å². The van der Waals surface area contributed by atoms with E-state index in [4.69, 9.17) is 9.47 Å². The maximum atomic E-state index is 5.76. The van der Waals surface area contributed by atoms with E-state index < -0.39 is 0 Å². The van der Waals surface area contributed by atoms with Gasteiger partial charge in [-0.25, -0.2) is 0 Å². The predicted molar refractivity (Wildman–Crippen MR) is 72.9 cm³/mol. The Morgan fingerprint density at radius 1 is 1.11 bits per heavy atom. The molecule has 2 heterocycles. The Morgan fingerprint density at radius 2 is 2.00 bits per heavy atom. The predicted octanol–water partition coefficient (Wildman–Crippen LogP) is 1.12. The molecule has 2 saturated heterocycles. The van der Waals surface area contributed by atoms with E-state index in [0.29, 0.717) is 5.41 Å². The first-order valence-corrected chi connectivity index (χ1v) is 7.43. The summed E-state index contributed by atoms with van der Waals surface area (Å²) in [5.41, 5.74) is 0.318. The molecular weight excluding hydrogens is 228 g/mol. The third-order valence-electron chi connectivity index (χ3n) is 4.03. The monoisotopic (exact) mass is 256 g/mol. The molecule has 2 rings (SSSR count). The van der Waals surface area contributed by atoms with Gasteiger partial charge in [0, 0.05) is 44.8 Å². The van der Waals surface area contributed by atoms with E-state index in [0.717, 1.165) is 59.0 Å². The lowest BCUT2D eigenvalue weighted by Crippen LogP contribution is -2.49. The molecule has 4 nitrogen and oxygen atoms in total. The molecule has 1 atom stereocenters. The quantitative estimate of drug-likeness (QED) is 0.799. The Hall–Kier alpha value is -0.160. The summed E-state index contributed by atoms with van der Waals surface area (Å²) in [6.07, 6.45) is 3.66. The van der Waals surface area contributed by atoms with E-state index in [1.165, 1.54) is 19.4 Å². The molecule has 18 heavy (non-hydrogen) atoms. The van der Waals surface area contributed by atoms with Crippen molar-refractivity contribution in [2.45, 2.75) is 26.2 Å². The van der Waals surface area contributed by atoms with Crippen LogP contribution in [0.15, 0.2) is 0 Å². The number of nitrogens with one attached hydrogen (secondary N) is 1. The largest absolute Gasteiger partial charge is 0.381 e. The van der Waals surface area contributed by atoms with Gasteiger partial charge in [-0.05, 0) is 25.8 Å². The van der Waals surface area contributed by atoms with Crippen LogP contribution in [0.1, 0.15) is 26.2 Å². The zero-order valence-corrected chi connectivity index (χ0v) is 11.7. The summed E-state index contributed by atoms with van der Waals surface area (Å²) in [5.74, 6) is 0. The van der Waals surface area contributed by atoms with Crippen LogP contribution in [-0.4, -0.2) is 64.1 Å². The Morgan fingerprint density at radius 3 is 2.78 bits per heavy atom. The van der Waals surface area contributed by atoms with Gasteiger partial charge in [0.05, 0.1) is 13.2 Å². The van der Waals surface area contributed by atoms with Crippen LogP contribution >= 0.6 is 0 Å². The minimum absolute atomic E-state index is 0.318. The lowest BCUT2D eigenvalue weighted by atomic mass is 9.81. The molecule has 0 saturated carbocycles. The van der Waals surface area contributed by atoms with E-state index in [1.807, 2.05) is 0 Å². The lowest BCUT2D eigenvalue weighted by molar-refractivity contribution is -0.0261. The molecule has 0 radical (unpaired) electrons. The van der Waals surface area contributed by atoms with Crippen LogP contribution in [0, 0.1) is 5.41 Å². The number of hydrogen-bond acceptors (Lipinski definition) is 4. The molecule has 106 valence electrons. The number of nitrogens with zero attached hydrogens (tertiary/aromatic N) is 1. The molecule has 2 aliphatic heterocycles. The zero-order valence-electron chi connectivity index (χ0n) is 11.7. The molecule has 0 amide bonds. The van der Waals surface area contributed by atoms with E-state index in [9.17, 15) is 0 Å². The van der Waals surface area contributed by atoms with Crippen molar-refractivity contribution in [1.82, 2.24) is 10.2 Å². The fraction of sp³-hybridized carbons (Fsp3) is 1.00. The summed E-state index contributed by atoms with van der Waals surface area (Å²) in [5, 5.41) is 3.53. The molecule has 4 heteroatoms. The molecule has 1 N–H and O–H groups in total. The molecule has 0 spiro atoms. The van der Waals surface area contributed by atoms with E-state index >= 15 is 0 Å². The Bertz CT molecular complexity index is 222. The fourth-order valence-corrected chi connectivity index (χ4v) is 3.05. The van der Waals surface area contributed by atoms with Crippen molar-refractivity contribution < 1.29 is 9.47 Å². The maximum Gasteiger partial charge on any atom is 0.0593 e. The number of rotatable bonds is 5. The van der Waals surface area contributed by atoms with Crippen molar-refractivity contribution in [2.24, 2.45) is 5.41 Å². The molecule has 0 aromatic carbocycles. The molecule has 0 aromatic heterocycles. The molecular formula is C14H28N2O2. The van der Waals surface area contributed by atoms with Gasteiger partial charge in [-0.15, -0.1) is 0 Å². The summed E-state index contributed by atoms with van der Waals surface area (Å²) >= 11 is 0. The molecule has 2 aliphatic rings. The van der Waals surface area contributed by atoms with Gasteiger partial charge in [-0.3, -0.25) is 0 Å². The van der Waals surface area contributed by atoms with Crippen molar-refractivity contribution in [3.8, 4) is 0 Å². The van der Waals surface area contributed by atoms with Gasteiger partial charge in [0.25, 0.3) is 0 Å². The second-order valence-corrected chi connectivity index (χ2v) is 5.68. The van der Waals surface area contributed by atoms with Crippen LogP contribution in [0.25, 0.3) is 0 Å². The third-order valence-corrected chi connectivity index (χ3v) is 4.03. The summed E-state index contributed by atoms with van der Waals surface area (Å²) in [6, 6.07) is 0. The molecule has 1 unspecified atom stereocenters. The highest BCUT2D eigenvalue weighted by Crippen LogP contribution is 2.29. The van der Waals surface area contributed by atoms with Crippen LogP contribution in [0.3, 0.4) is 0 Å². The Balaban J connectivity index is 1.90. The first-order valence-electron chi connectivity index (χ1n) is 7.43. The van der Waals surface area contributed by atoms with Gasteiger partial charge >= 0.3 is 0 Å². The van der Waals surface area contributed by atoms with Crippen molar-refractivity contribution in [3.05, 3.63) is 0 Å². The van der Waals surface area contributed by atoms with Gasteiger partial charge in [0.2, 0.25) is 0 Å². The topological polar surface area (TPSA) is 33.7 Å². The van der Waals surface area contributed by atoms with Gasteiger partial charge in [-0.2, -0.15) is 0 Å². The van der Waals surface area contributed by atoms with Gasteiger partial charge < -0.3 is 19.7 Å². The minimum Gasteiger partial charge on any atom is -0.381 e. The summed E-state index contributed by atoms with van der Waals surface area (Å²) < 4.78 is 11.3. The zero-order chi connectivity index (χ0) is 12.7. The molecule has 0 bridgehead atoms. The van der Waals surface area contributed by atoms with E-state index in [2.05, 4.69) is 17.1 Å². The smallest absolute Gasteiger partial charge is 0.0593 e. The van der Waals surface area contributed by atoms with E-state index in [1.54, 1.807) is 0 Å². The molecule has 2 fully saturated rings. The van der Waals surface area contributed by atoms with E-state index in [-0.39, 0.29) is 0 Å². The first-order chi connectivity index (χ1) is 8.85. The molecule has 0 aromatic rings. The SMILES string of the molecule is CCNCC1(CN2CCCOCC2)CCCOC1.